The zero-order valence-electron chi connectivity index (χ0n) is 3.69. The summed E-state index contributed by atoms with van der Waals surface area (Å²) in [5.74, 6) is 0.301. The van der Waals surface area contributed by atoms with Crippen molar-refractivity contribution < 1.29 is 4.79 Å². The van der Waals surface area contributed by atoms with Crippen LogP contribution in [0.5, 0.6) is 0 Å². The lowest BCUT2D eigenvalue weighted by molar-refractivity contribution is -0.116. The third kappa shape index (κ3) is 0.280. The predicted octanol–water partition coefficient (Wildman–Crippen LogP) is 0.905. The quantitative estimate of drug-likeness (QED) is 0.424. The van der Waals surface area contributed by atoms with E-state index in [4.69, 9.17) is 0 Å². The van der Waals surface area contributed by atoms with E-state index in [1.165, 1.54) is 0 Å². The summed E-state index contributed by atoms with van der Waals surface area (Å²) in [5.41, 5.74) is 0.926. The van der Waals surface area contributed by atoms with Gasteiger partial charge >= 0.3 is 0 Å². The summed E-state index contributed by atoms with van der Waals surface area (Å²) in [5, 5.41) is 0. The molecule has 0 heterocycles. The first-order valence-electron chi connectivity index (χ1n) is 2.00. The van der Waals surface area contributed by atoms with Gasteiger partial charge in [0, 0.05) is 6.42 Å². The van der Waals surface area contributed by atoms with E-state index >= 15 is 0 Å². The lowest BCUT2D eigenvalue weighted by Gasteiger charge is -2.04. The van der Waals surface area contributed by atoms with Crippen LogP contribution in [-0.2, 0) is 4.79 Å². The van der Waals surface area contributed by atoms with Crippen LogP contribution in [0.1, 0.15) is 13.3 Å². The Morgan fingerprint density at radius 2 is 2.33 bits per heavy atom. The number of carbonyl (C=O) groups excluding carboxylic acids is 1. The fourth-order valence-electron chi connectivity index (χ4n) is 0.390. The molecule has 0 aliphatic heterocycles. The summed E-state index contributed by atoms with van der Waals surface area (Å²) in [6.45, 7) is 1.84. The SMILES string of the molecule is CC1=CCC1=O. The van der Waals surface area contributed by atoms with E-state index in [1.54, 1.807) is 0 Å². The van der Waals surface area contributed by atoms with Gasteiger partial charge in [0.15, 0.2) is 5.78 Å². The minimum absolute atomic E-state index is 0.301. The first-order chi connectivity index (χ1) is 2.80. The van der Waals surface area contributed by atoms with Crippen LogP contribution >= 0.6 is 0 Å². The summed E-state index contributed by atoms with van der Waals surface area (Å²) in [6, 6.07) is 0. The van der Waals surface area contributed by atoms with Gasteiger partial charge in [-0.25, -0.2) is 0 Å². The van der Waals surface area contributed by atoms with Crippen molar-refractivity contribution in [2.45, 2.75) is 13.3 Å². The Balaban J connectivity index is 2.75. The van der Waals surface area contributed by atoms with Gasteiger partial charge in [-0.05, 0) is 12.5 Å². The Bertz CT molecular complexity index is 111. The smallest absolute Gasteiger partial charge is 0.162 e. The Kier molecular flexibility index (Phi) is 0.560. The molecule has 6 heavy (non-hydrogen) atoms. The van der Waals surface area contributed by atoms with Crippen LogP contribution in [0.3, 0.4) is 0 Å². The van der Waals surface area contributed by atoms with Gasteiger partial charge in [0.1, 0.15) is 0 Å². The molecule has 0 fully saturated rings. The van der Waals surface area contributed by atoms with Gasteiger partial charge in [0.25, 0.3) is 0 Å². The average Bonchev–Trinajstić information content (AvgIpc) is 1.61. The molecule has 1 nitrogen and oxygen atoms in total. The Hall–Kier alpha value is -0.590. The maximum atomic E-state index is 10.2. The zero-order chi connectivity index (χ0) is 4.57. The molecule has 0 amide bonds. The van der Waals surface area contributed by atoms with Gasteiger partial charge < -0.3 is 0 Å². The summed E-state index contributed by atoms with van der Waals surface area (Å²) < 4.78 is 0. The second kappa shape index (κ2) is 0.934. The van der Waals surface area contributed by atoms with E-state index < -0.39 is 0 Å². The largest absolute Gasteiger partial charge is 0.294 e. The van der Waals surface area contributed by atoms with Crippen LogP contribution < -0.4 is 0 Å². The minimum Gasteiger partial charge on any atom is -0.294 e. The van der Waals surface area contributed by atoms with Gasteiger partial charge in [-0.2, -0.15) is 0 Å². The number of hydrogen-bond donors (Lipinski definition) is 0. The molecule has 0 radical (unpaired) electrons. The summed E-state index contributed by atoms with van der Waals surface area (Å²) >= 11 is 0. The van der Waals surface area contributed by atoms with Gasteiger partial charge in [-0.3, -0.25) is 4.79 Å². The zero-order valence-corrected chi connectivity index (χ0v) is 3.69. The molecule has 0 aromatic heterocycles. The van der Waals surface area contributed by atoms with E-state index in [0.29, 0.717) is 12.2 Å². The van der Waals surface area contributed by atoms with Crippen molar-refractivity contribution in [3.05, 3.63) is 11.6 Å². The van der Waals surface area contributed by atoms with Crippen LogP contribution in [0.2, 0.25) is 0 Å². The van der Waals surface area contributed by atoms with E-state index in [9.17, 15) is 4.79 Å². The Morgan fingerprint density at radius 1 is 1.83 bits per heavy atom. The van der Waals surface area contributed by atoms with E-state index in [1.807, 2.05) is 13.0 Å². The molecule has 0 saturated heterocycles. The van der Waals surface area contributed by atoms with Gasteiger partial charge in [0.2, 0.25) is 0 Å². The van der Waals surface area contributed by atoms with Crippen molar-refractivity contribution in [2.24, 2.45) is 0 Å². The standard InChI is InChI=1S/C5H6O/c1-4-2-3-5(4)6/h2H,3H2,1H3. The van der Waals surface area contributed by atoms with E-state index in [2.05, 4.69) is 0 Å². The Labute approximate surface area is 36.7 Å². The van der Waals surface area contributed by atoms with E-state index in [0.717, 1.165) is 5.57 Å². The number of Topliss-reactive ketones (excluding diaryl/α,β-unsaturated/α-hetero) is 1. The van der Waals surface area contributed by atoms with Crippen LogP contribution in [0.4, 0.5) is 0 Å². The average molecular weight is 82.1 g/mol. The molecule has 1 rings (SSSR count). The minimum atomic E-state index is 0.301. The molecule has 32 valence electrons. The molecule has 0 N–H and O–H groups in total. The van der Waals surface area contributed by atoms with Gasteiger partial charge in [0.05, 0.1) is 0 Å². The third-order valence-corrected chi connectivity index (χ3v) is 1.03. The number of allylic oxidation sites excluding steroid dienone is 2. The van der Waals surface area contributed by atoms with Gasteiger partial charge in [-0.1, -0.05) is 6.08 Å². The second-order valence-corrected chi connectivity index (χ2v) is 1.51. The molecule has 0 bridgehead atoms. The molecule has 0 aromatic carbocycles. The molecular weight excluding hydrogens is 76.1 g/mol. The molecular formula is C5H6O. The van der Waals surface area contributed by atoms with Crippen LogP contribution in [0.15, 0.2) is 11.6 Å². The number of rotatable bonds is 0. The van der Waals surface area contributed by atoms with Crippen molar-refractivity contribution in [3.63, 3.8) is 0 Å². The number of hydrogen-bond acceptors (Lipinski definition) is 1. The first kappa shape index (κ1) is 3.59. The third-order valence-electron chi connectivity index (χ3n) is 1.03. The molecule has 1 aliphatic rings. The summed E-state index contributed by atoms with van der Waals surface area (Å²) in [4.78, 5) is 10.2. The highest BCUT2D eigenvalue weighted by atomic mass is 16.1. The summed E-state index contributed by atoms with van der Waals surface area (Å²) in [7, 11) is 0. The molecule has 1 heteroatoms. The van der Waals surface area contributed by atoms with Crippen molar-refractivity contribution >= 4 is 5.78 Å². The fourth-order valence-corrected chi connectivity index (χ4v) is 0.390. The first-order valence-corrected chi connectivity index (χ1v) is 2.00. The monoisotopic (exact) mass is 82.0 g/mol. The van der Waals surface area contributed by atoms with Crippen LogP contribution in [0, 0.1) is 0 Å². The number of carbonyl (C=O) groups is 1. The fraction of sp³-hybridized carbons (Fsp3) is 0.400. The van der Waals surface area contributed by atoms with Crippen molar-refractivity contribution in [2.75, 3.05) is 0 Å². The van der Waals surface area contributed by atoms with Crippen molar-refractivity contribution in [1.29, 1.82) is 0 Å². The molecule has 0 atom stereocenters. The second-order valence-electron chi connectivity index (χ2n) is 1.51. The predicted molar refractivity (Wildman–Crippen MR) is 23.4 cm³/mol. The topological polar surface area (TPSA) is 17.1 Å². The molecule has 0 unspecified atom stereocenters. The molecule has 0 saturated carbocycles. The van der Waals surface area contributed by atoms with Crippen molar-refractivity contribution in [1.82, 2.24) is 0 Å². The highest BCUT2D eigenvalue weighted by Crippen LogP contribution is 2.10. The normalized spacial score (nSPS) is 19.5. The number of ketones is 1. The van der Waals surface area contributed by atoms with Crippen molar-refractivity contribution in [3.8, 4) is 0 Å². The highest BCUT2D eigenvalue weighted by Gasteiger charge is 2.09. The summed E-state index contributed by atoms with van der Waals surface area (Å²) in [6.07, 6.45) is 2.61. The van der Waals surface area contributed by atoms with Crippen LogP contribution in [0.25, 0.3) is 0 Å². The van der Waals surface area contributed by atoms with Crippen LogP contribution in [-0.4, -0.2) is 5.78 Å². The highest BCUT2D eigenvalue weighted by molar-refractivity contribution is 6.01. The maximum Gasteiger partial charge on any atom is 0.162 e. The molecule has 0 spiro atoms. The van der Waals surface area contributed by atoms with Gasteiger partial charge in [-0.15, -0.1) is 0 Å². The molecule has 1 aliphatic carbocycles. The Morgan fingerprint density at radius 3 is 2.33 bits per heavy atom. The maximum absolute atomic E-state index is 10.2. The molecule has 0 aromatic rings. The lowest BCUT2D eigenvalue weighted by Crippen LogP contribution is -2.06. The van der Waals surface area contributed by atoms with E-state index in [-0.39, 0.29) is 0 Å². The lowest BCUT2D eigenvalue weighted by atomic mass is 10.00.